The minimum Gasteiger partial charge on any atom is -0.317 e. The maximum absolute atomic E-state index is 3.67. The predicted octanol–water partition coefficient (Wildman–Crippen LogP) is 2.38. The molecule has 1 aromatic rings. The number of hydrogen-bond acceptors (Lipinski definition) is 3. The minimum absolute atomic E-state index is 0.590. The number of piperidine rings is 1. The molecule has 3 heteroatoms. The van der Waals surface area contributed by atoms with Gasteiger partial charge in [-0.3, -0.25) is 0 Å². The zero-order valence-corrected chi connectivity index (χ0v) is 14.0. The van der Waals surface area contributed by atoms with Gasteiger partial charge in [-0.1, -0.05) is 18.2 Å². The Labute approximate surface area is 135 Å². The molecular weight excluding hydrogens is 270 g/mol. The highest BCUT2D eigenvalue weighted by molar-refractivity contribution is 5.36. The van der Waals surface area contributed by atoms with Gasteiger partial charge in [0, 0.05) is 19.1 Å². The Bertz CT molecular complexity index is 466. The van der Waals surface area contributed by atoms with E-state index in [0.717, 1.165) is 19.0 Å². The summed E-state index contributed by atoms with van der Waals surface area (Å²) in [6.07, 6.45) is 6.64. The molecule has 1 saturated heterocycles. The van der Waals surface area contributed by atoms with Crippen LogP contribution in [0.15, 0.2) is 18.2 Å². The summed E-state index contributed by atoms with van der Waals surface area (Å²) in [6.45, 7) is 7.99. The van der Waals surface area contributed by atoms with Crippen LogP contribution >= 0.6 is 0 Å². The third-order valence-corrected chi connectivity index (χ3v) is 5.35. The monoisotopic (exact) mass is 301 g/mol. The third kappa shape index (κ3) is 4.31. The Morgan fingerprint density at radius 3 is 2.95 bits per heavy atom. The summed E-state index contributed by atoms with van der Waals surface area (Å²) in [7, 11) is 0. The van der Waals surface area contributed by atoms with Gasteiger partial charge in [0.05, 0.1) is 0 Å². The molecule has 3 N–H and O–H groups in total. The van der Waals surface area contributed by atoms with E-state index in [-0.39, 0.29) is 0 Å². The quantitative estimate of drug-likeness (QED) is 0.706. The molecule has 2 aliphatic rings. The Hall–Kier alpha value is -0.900. The summed E-state index contributed by atoms with van der Waals surface area (Å²) < 4.78 is 0. The maximum atomic E-state index is 3.67. The van der Waals surface area contributed by atoms with Crippen molar-refractivity contribution in [2.45, 2.75) is 51.6 Å². The van der Waals surface area contributed by atoms with E-state index >= 15 is 0 Å². The molecule has 0 amide bonds. The molecule has 3 rings (SSSR count). The molecule has 2 aliphatic heterocycles. The smallest absolute Gasteiger partial charge is 0.0236 e. The molecule has 0 saturated carbocycles. The van der Waals surface area contributed by atoms with Crippen LogP contribution in [-0.4, -0.2) is 32.2 Å². The molecule has 0 aromatic heterocycles. The largest absolute Gasteiger partial charge is 0.317 e. The van der Waals surface area contributed by atoms with Crippen LogP contribution < -0.4 is 16.0 Å². The number of nitrogens with one attached hydrogen (secondary N) is 3. The van der Waals surface area contributed by atoms with E-state index in [4.69, 9.17) is 0 Å². The third-order valence-electron chi connectivity index (χ3n) is 5.35. The van der Waals surface area contributed by atoms with E-state index in [1.54, 1.807) is 5.56 Å². The van der Waals surface area contributed by atoms with Gasteiger partial charge in [0.2, 0.25) is 0 Å². The molecule has 22 heavy (non-hydrogen) atoms. The van der Waals surface area contributed by atoms with Gasteiger partial charge in [0.25, 0.3) is 0 Å². The van der Waals surface area contributed by atoms with Crippen molar-refractivity contribution >= 4 is 0 Å². The van der Waals surface area contributed by atoms with Crippen LogP contribution in [0.5, 0.6) is 0 Å². The van der Waals surface area contributed by atoms with Crippen molar-refractivity contribution in [2.24, 2.45) is 5.92 Å². The van der Waals surface area contributed by atoms with E-state index in [9.17, 15) is 0 Å². The van der Waals surface area contributed by atoms with Crippen LogP contribution in [-0.2, 0) is 13.0 Å². The molecule has 0 radical (unpaired) electrons. The molecular formula is C19H31N3. The zero-order valence-electron chi connectivity index (χ0n) is 14.0. The maximum Gasteiger partial charge on any atom is 0.0236 e. The predicted molar refractivity (Wildman–Crippen MR) is 93.2 cm³/mol. The lowest BCUT2D eigenvalue weighted by Crippen LogP contribution is -2.43. The normalized spacial score (nSPS) is 22.5. The second-order valence-corrected chi connectivity index (χ2v) is 7.03. The summed E-state index contributed by atoms with van der Waals surface area (Å²) in [4.78, 5) is 0. The van der Waals surface area contributed by atoms with E-state index < -0.39 is 0 Å². The van der Waals surface area contributed by atoms with Crippen LogP contribution in [0.4, 0.5) is 0 Å². The summed E-state index contributed by atoms with van der Waals surface area (Å²) >= 11 is 0. The van der Waals surface area contributed by atoms with Crippen LogP contribution in [0.2, 0.25) is 0 Å². The fourth-order valence-corrected chi connectivity index (χ4v) is 3.90. The minimum atomic E-state index is 0.590. The van der Waals surface area contributed by atoms with Crippen molar-refractivity contribution in [3.8, 4) is 0 Å². The first-order chi connectivity index (χ1) is 10.8. The van der Waals surface area contributed by atoms with Crippen molar-refractivity contribution < 1.29 is 0 Å². The van der Waals surface area contributed by atoms with Crippen LogP contribution in [0.25, 0.3) is 0 Å². The van der Waals surface area contributed by atoms with Crippen LogP contribution in [0.3, 0.4) is 0 Å². The van der Waals surface area contributed by atoms with E-state index in [0.29, 0.717) is 6.04 Å². The van der Waals surface area contributed by atoms with E-state index in [2.05, 4.69) is 41.1 Å². The summed E-state index contributed by atoms with van der Waals surface area (Å²) in [5.41, 5.74) is 4.51. The average molecular weight is 301 g/mol. The van der Waals surface area contributed by atoms with Crippen molar-refractivity contribution in [3.05, 3.63) is 34.9 Å². The molecule has 2 heterocycles. The number of hydrogen-bond donors (Lipinski definition) is 3. The molecule has 1 atom stereocenters. The van der Waals surface area contributed by atoms with E-state index in [1.165, 1.54) is 62.9 Å². The van der Waals surface area contributed by atoms with Gasteiger partial charge in [0.1, 0.15) is 0 Å². The van der Waals surface area contributed by atoms with Crippen molar-refractivity contribution in [1.82, 2.24) is 16.0 Å². The van der Waals surface area contributed by atoms with E-state index in [1.807, 2.05) is 0 Å². The Kier molecular flexibility index (Phi) is 5.88. The molecule has 0 spiro atoms. The highest BCUT2D eigenvalue weighted by Gasteiger charge is 2.18. The molecule has 1 fully saturated rings. The van der Waals surface area contributed by atoms with Gasteiger partial charge < -0.3 is 16.0 Å². The first kappa shape index (κ1) is 16.0. The van der Waals surface area contributed by atoms with Crippen LogP contribution in [0.1, 0.15) is 42.4 Å². The van der Waals surface area contributed by atoms with Gasteiger partial charge in [0.15, 0.2) is 0 Å². The molecule has 0 aliphatic carbocycles. The molecule has 122 valence electrons. The molecule has 3 nitrogen and oxygen atoms in total. The topological polar surface area (TPSA) is 36.1 Å². The van der Waals surface area contributed by atoms with Crippen molar-refractivity contribution in [1.29, 1.82) is 0 Å². The number of aryl methyl sites for hydroxylation is 1. The van der Waals surface area contributed by atoms with Gasteiger partial charge in [-0.05, 0) is 81.3 Å². The second kappa shape index (κ2) is 8.09. The zero-order chi connectivity index (χ0) is 15.2. The Morgan fingerprint density at radius 1 is 1.23 bits per heavy atom. The fourth-order valence-electron chi connectivity index (χ4n) is 3.90. The van der Waals surface area contributed by atoms with Gasteiger partial charge in [-0.15, -0.1) is 0 Å². The van der Waals surface area contributed by atoms with Crippen molar-refractivity contribution in [2.75, 3.05) is 26.2 Å². The van der Waals surface area contributed by atoms with Crippen LogP contribution in [0, 0.1) is 12.8 Å². The summed E-state index contributed by atoms with van der Waals surface area (Å²) in [6, 6.07) is 7.27. The van der Waals surface area contributed by atoms with Crippen molar-refractivity contribution in [3.63, 3.8) is 0 Å². The number of rotatable bonds is 6. The standard InChI is InChI=1S/C19H31N3/c1-15-4-2-6-17-13-22-18(12-19(15)17)14-21-9-3-5-16-7-10-20-11-8-16/h2,4,6,16,18,20-22H,3,5,7-14H2,1H3/t18-/m1/s1. The van der Waals surface area contributed by atoms with Gasteiger partial charge in [-0.25, -0.2) is 0 Å². The lowest BCUT2D eigenvalue weighted by molar-refractivity contribution is 0.342. The highest BCUT2D eigenvalue weighted by Crippen LogP contribution is 2.20. The molecule has 0 bridgehead atoms. The summed E-state index contributed by atoms with van der Waals surface area (Å²) in [5.74, 6) is 0.963. The lowest BCUT2D eigenvalue weighted by Gasteiger charge is -2.28. The molecule has 1 aromatic carbocycles. The lowest BCUT2D eigenvalue weighted by atomic mass is 9.92. The summed E-state index contributed by atoms with van der Waals surface area (Å²) in [5, 5.41) is 10.8. The molecule has 0 unspecified atom stereocenters. The van der Waals surface area contributed by atoms with Gasteiger partial charge in [-0.2, -0.15) is 0 Å². The Balaban J connectivity index is 1.34. The highest BCUT2D eigenvalue weighted by atomic mass is 15.0. The first-order valence-corrected chi connectivity index (χ1v) is 9.05. The fraction of sp³-hybridized carbons (Fsp3) is 0.684. The van der Waals surface area contributed by atoms with Gasteiger partial charge >= 0.3 is 0 Å². The number of benzene rings is 1. The SMILES string of the molecule is Cc1cccc2c1C[C@H](CNCCCC1CCNCC1)NC2. The average Bonchev–Trinajstić information content (AvgIpc) is 2.56. The second-order valence-electron chi connectivity index (χ2n) is 7.03. The first-order valence-electron chi connectivity index (χ1n) is 9.05. The Morgan fingerprint density at radius 2 is 2.09 bits per heavy atom. The number of fused-ring (bicyclic) bond motifs is 1.